The molecule has 1 atom stereocenters. The zero-order chi connectivity index (χ0) is 5.98. The van der Waals surface area contributed by atoms with E-state index < -0.39 is 0 Å². The fraction of sp³-hybridized carbons (Fsp3) is 0.600. The molecule has 3 nitrogen and oxygen atoms in total. The molecule has 1 radical (unpaired) electrons. The quantitative estimate of drug-likeness (QED) is 0.506. The van der Waals surface area contributed by atoms with Crippen LogP contribution in [-0.4, -0.2) is 25.4 Å². The second-order valence-electron chi connectivity index (χ2n) is 1.64. The highest BCUT2D eigenvalue weighted by Gasteiger charge is 2.12. The van der Waals surface area contributed by atoms with Crippen LogP contribution in [0.4, 0.5) is 0 Å². The van der Waals surface area contributed by atoms with E-state index in [0.29, 0.717) is 0 Å². The number of rotatable bonds is 1. The van der Waals surface area contributed by atoms with Crippen molar-refractivity contribution in [1.29, 1.82) is 0 Å². The molecule has 0 saturated carbocycles. The van der Waals surface area contributed by atoms with Crippen LogP contribution < -0.4 is 5.43 Å². The maximum atomic E-state index is 4.94. The minimum atomic E-state index is -0.0185. The molecule has 0 saturated heterocycles. The highest BCUT2D eigenvalue weighted by atomic mass is 16.5. The first-order valence-electron chi connectivity index (χ1n) is 2.44. The number of hydrazine groups is 1. The van der Waals surface area contributed by atoms with Gasteiger partial charge in [0, 0.05) is 26.4 Å². The van der Waals surface area contributed by atoms with Gasteiger partial charge in [0.1, 0.15) is 0 Å². The molecule has 1 unspecified atom stereocenters. The lowest BCUT2D eigenvalue weighted by Crippen LogP contribution is -2.34. The summed E-state index contributed by atoms with van der Waals surface area (Å²) in [5.74, 6) is 0. The average molecular weight is 113 g/mol. The number of nitrogens with zero attached hydrogens (tertiary/aromatic N) is 1. The van der Waals surface area contributed by atoms with Crippen LogP contribution in [0, 0.1) is 6.08 Å². The average Bonchev–Trinajstić information content (AvgIpc) is 2.14. The normalized spacial score (nSPS) is 28.5. The molecule has 1 aliphatic heterocycles. The van der Waals surface area contributed by atoms with Gasteiger partial charge >= 0.3 is 0 Å². The largest absolute Gasteiger partial charge is 0.360 e. The number of hydrogen-bond acceptors (Lipinski definition) is 3. The number of ether oxygens (including phenoxy) is 1. The van der Waals surface area contributed by atoms with Crippen LogP contribution in [0.1, 0.15) is 0 Å². The summed E-state index contributed by atoms with van der Waals surface area (Å²) in [5, 5.41) is 1.82. The molecule has 0 aromatic rings. The summed E-state index contributed by atoms with van der Waals surface area (Å²) in [4.78, 5) is 0. The molecule has 0 aliphatic carbocycles. The first-order chi connectivity index (χ1) is 3.84. The van der Waals surface area contributed by atoms with Crippen molar-refractivity contribution in [2.75, 3.05) is 14.2 Å². The fourth-order valence-electron chi connectivity index (χ4n) is 0.616. The molecule has 1 heterocycles. The summed E-state index contributed by atoms with van der Waals surface area (Å²) in [6.45, 7) is 0. The zero-order valence-electron chi connectivity index (χ0n) is 5.01. The summed E-state index contributed by atoms with van der Waals surface area (Å²) in [5.41, 5.74) is 2.89. The topological polar surface area (TPSA) is 24.5 Å². The van der Waals surface area contributed by atoms with E-state index >= 15 is 0 Å². The second-order valence-corrected chi connectivity index (χ2v) is 1.64. The van der Waals surface area contributed by atoms with Gasteiger partial charge in [-0.3, -0.25) is 0 Å². The molecule has 0 aromatic carbocycles. The highest BCUT2D eigenvalue weighted by Crippen LogP contribution is 1.99. The maximum absolute atomic E-state index is 4.94. The van der Waals surface area contributed by atoms with E-state index in [2.05, 4.69) is 11.5 Å². The van der Waals surface area contributed by atoms with Gasteiger partial charge in [0.2, 0.25) is 0 Å². The Hall–Kier alpha value is -0.540. The van der Waals surface area contributed by atoms with Crippen molar-refractivity contribution in [3.63, 3.8) is 0 Å². The van der Waals surface area contributed by atoms with Gasteiger partial charge < -0.3 is 10.2 Å². The first kappa shape index (κ1) is 5.59. The summed E-state index contributed by atoms with van der Waals surface area (Å²) >= 11 is 0. The molecular formula is C5H9N2O. The first-order valence-corrected chi connectivity index (χ1v) is 2.44. The Kier molecular flexibility index (Phi) is 1.50. The summed E-state index contributed by atoms with van der Waals surface area (Å²) in [6.07, 6.45) is 4.64. The van der Waals surface area contributed by atoms with Crippen LogP contribution in [-0.2, 0) is 4.74 Å². The van der Waals surface area contributed by atoms with E-state index in [0.717, 1.165) is 0 Å². The van der Waals surface area contributed by atoms with Crippen molar-refractivity contribution in [3.8, 4) is 0 Å². The molecule has 45 valence electrons. The van der Waals surface area contributed by atoms with Crippen LogP contribution in [0.15, 0.2) is 6.20 Å². The standard InChI is InChI=1S/C5H9N2O/c1-7-5(8-2)3-4-6-7/h4-6H,1-2H3. The van der Waals surface area contributed by atoms with Crippen LogP contribution in [0.25, 0.3) is 0 Å². The number of likely N-dealkylation sites (N-methyl/N-ethyl adjacent to an activating group) is 1. The van der Waals surface area contributed by atoms with E-state index in [1.165, 1.54) is 0 Å². The van der Waals surface area contributed by atoms with Gasteiger partial charge in [-0.15, -0.1) is 0 Å². The molecule has 1 rings (SSSR count). The third kappa shape index (κ3) is 0.827. The maximum Gasteiger partial charge on any atom is 0.154 e. The summed E-state index contributed by atoms with van der Waals surface area (Å²) < 4.78 is 4.94. The van der Waals surface area contributed by atoms with Crippen molar-refractivity contribution in [2.24, 2.45) is 0 Å². The second kappa shape index (κ2) is 2.15. The molecule has 1 aliphatic rings. The Morgan fingerprint density at radius 3 is 2.88 bits per heavy atom. The number of hydrogen-bond donors (Lipinski definition) is 1. The van der Waals surface area contributed by atoms with Gasteiger partial charge in [0.05, 0.1) is 0 Å². The number of nitrogens with one attached hydrogen (secondary N) is 1. The Morgan fingerprint density at radius 1 is 1.88 bits per heavy atom. The van der Waals surface area contributed by atoms with Gasteiger partial charge in [0.25, 0.3) is 0 Å². The predicted octanol–water partition coefficient (Wildman–Crippen LogP) is -0.274. The lowest BCUT2D eigenvalue weighted by Gasteiger charge is -2.15. The summed E-state index contributed by atoms with van der Waals surface area (Å²) in [7, 11) is 3.54. The van der Waals surface area contributed by atoms with Crippen molar-refractivity contribution >= 4 is 0 Å². The monoisotopic (exact) mass is 113 g/mol. The van der Waals surface area contributed by atoms with Gasteiger partial charge in [0.15, 0.2) is 6.23 Å². The van der Waals surface area contributed by atoms with Crippen LogP contribution >= 0.6 is 0 Å². The lowest BCUT2D eigenvalue weighted by molar-refractivity contribution is 0.00758. The molecule has 0 spiro atoms. The van der Waals surface area contributed by atoms with Crippen LogP contribution in [0.3, 0.4) is 0 Å². The summed E-state index contributed by atoms with van der Waals surface area (Å²) in [6, 6.07) is 0. The Labute approximate surface area is 48.9 Å². The molecular weight excluding hydrogens is 104 g/mol. The molecule has 0 amide bonds. The minimum absolute atomic E-state index is 0.0185. The van der Waals surface area contributed by atoms with Gasteiger partial charge in [-0.05, 0) is 0 Å². The smallest absolute Gasteiger partial charge is 0.154 e. The van der Waals surface area contributed by atoms with E-state index in [1.54, 1.807) is 13.3 Å². The third-order valence-electron chi connectivity index (χ3n) is 1.07. The van der Waals surface area contributed by atoms with Crippen molar-refractivity contribution in [1.82, 2.24) is 10.4 Å². The molecule has 8 heavy (non-hydrogen) atoms. The Balaban J connectivity index is 2.41. The van der Waals surface area contributed by atoms with Gasteiger partial charge in [-0.2, -0.15) is 5.01 Å². The lowest BCUT2D eigenvalue weighted by atomic mass is 10.5. The fourth-order valence-corrected chi connectivity index (χ4v) is 0.616. The van der Waals surface area contributed by atoms with E-state index in [-0.39, 0.29) is 6.23 Å². The predicted molar refractivity (Wildman–Crippen MR) is 29.5 cm³/mol. The highest BCUT2D eigenvalue weighted by molar-refractivity contribution is 4.83. The molecule has 3 heteroatoms. The van der Waals surface area contributed by atoms with E-state index in [1.807, 2.05) is 12.1 Å². The molecule has 0 aromatic heterocycles. The van der Waals surface area contributed by atoms with E-state index in [4.69, 9.17) is 4.74 Å². The van der Waals surface area contributed by atoms with Crippen LogP contribution in [0.2, 0.25) is 0 Å². The molecule has 0 fully saturated rings. The molecule has 0 bridgehead atoms. The van der Waals surface area contributed by atoms with Gasteiger partial charge in [-0.25, -0.2) is 0 Å². The zero-order valence-corrected chi connectivity index (χ0v) is 5.01. The van der Waals surface area contributed by atoms with Crippen molar-refractivity contribution in [2.45, 2.75) is 6.23 Å². The minimum Gasteiger partial charge on any atom is -0.360 e. The van der Waals surface area contributed by atoms with Gasteiger partial charge in [-0.1, -0.05) is 0 Å². The Bertz CT molecular complexity index is 103. The molecule has 1 N–H and O–H groups in total. The van der Waals surface area contributed by atoms with E-state index in [9.17, 15) is 0 Å². The van der Waals surface area contributed by atoms with Crippen LogP contribution in [0.5, 0.6) is 0 Å². The Morgan fingerprint density at radius 2 is 2.62 bits per heavy atom. The van der Waals surface area contributed by atoms with Crippen molar-refractivity contribution < 1.29 is 4.74 Å². The third-order valence-corrected chi connectivity index (χ3v) is 1.07. The number of methoxy groups -OCH3 is 1. The SMILES string of the molecule is COC1[C]=CNN1C. The van der Waals surface area contributed by atoms with Crippen molar-refractivity contribution in [3.05, 3.63) is 12.3 Å².